The van der Waals surface area contributed by atoms with Gasteiger partial charge in [-0.15, -0.1) is 0 Å². The minimum atomic E-state index is -0.942. The summed E-state index contributed by atoms with van der Waals surface area (Å²) in [6.45, 7) is 1.74. The molecule has 0 amide bonds. The molecular weight excluding hydrogens is 161 g/mol. The van der Waals surface area contributed by atoms with Crippen molar-refractivity contribution in [2.75, 3.05) is 7.11 Å². The summed E-state index contributed by atoms with van der Waals surface area (Å²) in [4.78, 5) is 0. The molecule has 1 radical (unpaired) electrons. The Morgan fingerprint density at radius 3 is 2.50 bits per heavy atom. The molecule has 0 fully saturated rings. The molecule has 4 heteroatoms. The van der Waals surface area contributed by atoms with E-state index < -0.39 is 11.6 Å². The van der Waals surface area contributed by atoms with Crippen LogP contribution in [0.25, 0.3) is 0 Å². The lowest BCUT2D eigenvalue weighted by Gasteiger charge is -2.04. The minimum Gasteiger partial charge on any atom is -0.494 e. The summed E-state index contributed by atoms with van der Waals surface area (Å²) in [5.74, 6) is -1.89. The van der Waals surface area contributed by atoms with Crippen molar-refractivity contribution >= 4 is 12.7 Å². The van der Waals surface area contributed by atoms with Crippen molar-refractivity contribution in [2.45, 2.75) is 6.82 Å². The summed E-state index contributed by atoms with van der Waals surface area (Å²) in [5.41, 5.74) is 0.603. The van der Waals surface area contributed by atoms with E-state index in [1.165, 1.54) is 13.2 Å². The van der Waals surface area contributed by atoms with E-state index in [9.17, 15) is 8.78 Å². The number of benzene rings is 1. The Labute approximate surface area is 70.6 Å². The molecule has 0 aromatic heterocycles. The first-order valence-corrected chi connectivity index (χ1v) is 3.51. The quantitative estimate of drug-likeness (QED) is 0.607. The Morgan fingerprint density at radius 2 is 2.00 bits per heavy atom. The summed E-state index contributed by atoms with van der Waals surface area (Å²) < 4.78 is 30.2. The number of ether oxygens (including phenoxy) is 1. The second kappa shape index (κ2) is 3.56. The van der Waals surface area contributed by atoms with Gasteiger partial charge in [0.05, 0.1) is 7.11 Å². The van der Waals surface area contributed by atoms with Crippen molar-refractivity contribution < 1.29 is 13.5 Å². The molecule has 12 heavy (non-hydrogen) atoms. The monoisotopic (exact) mass is 169 g/mol. The predicted molar refractivity (Wildman–Crippen MR) is 44.2 cm³/mol. The number of rotatable bonds is 2. The molecule has 0 aliphatic rings. The lowest BCUT2D eigenvalue weighted by atomic mass is 9.73. The third-order valence-corrected chi connectivity index (χ3v) is 1.57. The van der Waals surface area contributed by atoms with Crippen molar-refractivity contribution in [3.05, 3.63) is 23.8 Å². The van der Waals surface area contributed by atoms with E-state index in [-0.39, 0.29) is 5.75 Å². The van der Waals surface area contributed by atoms with Crippen LogP contribution in [0.4, 0.5) is 8.78 Å². The molecular formula is C8H8BF2O. The van der Waals surface area contributed by atoms with Crippen LogP contribution in [0.15, 0.2) is 12.1 Å². The van der Waals surface area contributed by atoms with Gasteiger partial charge in [0.2, 0.25) is 5.82 Å². The molecule has 0 N–H and O–H groups in total. The molecule has 0 saturated carbocycles. The molecule has 0 unspecified atom stereocenters. The third kappa shape index (κ3) is 1.57. The molecule has 0 aliphatic carbocycles. The largest absolute Gasteiger partial charge is 0.494 e. The smallest absolute Gasteiger partial charge is 0.200 e. The van der Waals surface area contributed by atoms with E-state index in [2.05, 4.69) is 4.74 Å². The summed E-state index contributed by atoms with van der Waals surface area (Å²) in [7, 11) is 2.97. The van der Waals surface area contributed by atoms with Gasteiger partial charge in [0, 0.05) is 0 Å². The zero-order valence-electron chi connectivity index (χ0n) is 6.90. The summed E-state index contributed by atoms with van der Waals surface area (Å²) in [5, 5.41) is 0. The highest BCUT2D eigenvalue weighted by molar-refractivity contribution is 6.51. The van der Waals surface area contributed by atoms with Crippen LogP contribution < -0.4 is 10.2 Å². The summed E-state index contributed by atoms with van der Waals surface area (Å²) >= 11 is 0. The van der Waals surface area contributed by atoms with Gasteiger partial charge in [-0.25, -0.2) is 4.39 Å². The Balaban J connectivity index is 3.19. The molecule has 1 nitrogen and oxygen atoms in total. The Hall–Kier alpha value is -1.06. The van der Waals surface area contributed by atoms with Crippen molar-refractivity contribution in [2.24, 2.45) is 0 Å². The Bertz CT molecular complexity index is 289. The van der Waals surface area contributed by atoms with Gasteiger partial charge in [0.25, 0.3) is 0 Å². The number of hydrogen-bond donors (Lipinski definition) is 0. The first kappa shape index (κ1) is 9.04. The van der Waals surface area contributed by atoms with Crippen molar-refractivity contribution in [3.63, 3.8) is 0 Å². The average Bonchev–Trinajstić information content (AvgIpc) is 2.09. The molecule has 0 saturated heterocycles. The molecule has 1 aromatic rings. The van der Waals surface area contributed by atoms with Crippen LogP contribution in [0.1, 0.15) is 0 Å². The highest BCUT2D eigenvalue weighted by atomic mass is 19.2. The summed E-state index contributed by atoms with van der Waals surface area (Å²) in [6.07, 6.45) is 0. The first-order chi connectivity index (χ1) is 5.69. The molecule has 0 bridgehead atoms. The second-order valence-corrected chi connectivity index (χ2v) is 2.31. The van der Waals surface area contributed by atoms with Crippen molar-refractivity contribution in [1.29, 1.82) is 0 Å². The highest BCUT2D eigenvalue weighted by Gasteiger charge is 2.09. The van der Waals surface area contributed by atoms with Crippen LogP contribution >= 0.6 is 0 Å². The summed E-state index contributed by atoms with van der Waals surface area (Å²) in [6, 6.07) is 2.57. The fourth-order valence-corrected chi connectivity index (χ4v) is 0.899. The van der Waals surface area contributed by atoms with E-state index in [1.54, 1.807) is 14.1 Å². The molecule has 0 atom stereocenters. The van der Waals surface area contributed by atoms with Gasteiger partial charge in [0.1, 0.15) is 7.28 Å². The second-order valence-electron chi connectivity index (χ2n) is 2.31. The molecule has 1 aromatic carbocycles. The van der Waals surface area contributed by atoms with E-state index >= 15 is 0 Å². The maximum atomic E-state index is 12.8. The topological polar surface area (TPSA) is 9.23 Å². The first-order valence-electron chi connectivity index (χ1n) is 3.51. The average molecular weight is 169 g/mol. The Morgan fingerprint density at radius 1 is 1.33 bits per heavy atom. The van der Waals surface area contributed by atoms with Crippen LogP contribution in [0.5, 0.6) is 5.75 Å². The normalized spacial score (nSPS) is 9.67. The standard InChI is InChI=1S/C8H8BF2O/c1-9-5-3-6(10)8(11)7(4-5)12-2/h3-4H,1-2H3. The number of hydrogen-bond acceptors (Lipinski definition) is 1. The fraction of sp³-hybridized carbons (Fsp3) is 0.250. The maximum Gasteiger partial charge on any atom is 0.200 e. The van der Waals surface area contributed by atoms with Gasteiger partial charge in [-0.2, -0.15) is 4.39 Å². The van der Waals surface area contributed by atoms with E-state index in [4.69, 9.17) is 0 Å². The minimum absolute atomic E-state index is 0.0666. The van der Waals surface area contributed by atoms with Gasteiger partial charge in [-0.05, 0) is 12.1 Å². The van der Waals surface area contributed by atoms with Crippen LogP contribution in [-0.4, -0.2) is 14.4 Å². The van der Waals surface area contributed by atoms with Gasteiger partial charge < -0.3 is 4.74 Å². The highest BCUT2D eigenvalue weighted by Crippen LogP contribution is 2.16. The zero-order chi connectivity index (χ0) is 9.14. The van der Waals surface area contributed by atoms with Gasteiger partial charge in [0.15, 0.2) is 11.6 Å². The van der Waals surface area contributed by atoms with Gasteiger partial charge in [-0.1, -0.05) is 12.3 Å². The molecule has 0 spiro atoms. The molecule has 1 rings (SSSR count). The fourth-order valence-electron chi connectivity index (χ4n) is 0.899. The van der Waals surface area contributed by atoms with Crippen LogP contribution in [0.3, 0.4) is 0 Å². The van der Waals surface area contributed by atoms with Crippen molar-refractivity contribution in [3.8, 4) is 5.75 Å². The number of halogens is 2. The van der Waals surface area contributed by atoms with Crippen molar-refractivity contribution in [1.82, 2.24) is 0 Å². The lowest BCUT2D eigenvalue weighted by Crippen LogP contribution is -2.12. The van der Waals surface area contributed by atoms with Gasteiger partial charge in [-0.3, -0.25) is 0 Å². The third-order valence-electron chi connectivity index (χ3n) is 1.57. The van der Waals surface area contributed by atoms with Crippen LogP contribution in [0, 0.1) is 11.6 Å². The van der Waals surface area contributed by atoms with Crippen LogP contribution in [0.2, 0.25) is 6.82 Å². The predicted octanol–water partition coefficient (Wildman–Crippen LogP) is 1.35. The SMILES string of the molecule is C[B]c1cc(F)c(F)c(OC)c1. The lowest BCUT2D eigenvalue weighted by molar-refractivity contribution is 0.372. The van der Waals surface area contributed by atoms with E-state index in [0.29, 0.717) is 5.46 Å². The molecule has 0 aliphatic heterocycles. The Kier molecular flexibility index (Phi) is 2.68. The van der Waals surface area contributed by atoms with E-state index in [1.807, 2.05) is 0 Å². The molecule has 0 heterocycles. The maximum absolute atomic E-state index is 12.8. The number of methoxy groups -OCH3 is 1. The zero-order valence-corrected chi connectivity index (χ0v) is 6.90. The van der Waals surface area contributed by atoms with Crippen LogP contribution in [-0.2, 0) is 0 Å². The molecule has 63 valence electrons. The van der Waals surface area contributed by atoms with E-state index in [0.717, 1.165) is 6.07 Å². The van der Waals surface area contributed by atoms with Gasteiger partial charge >= 0.3 is 0 Å².